The second kappa shape index (κ2) is 7.69. The van der Waals surface area contributed by atoms with Crippen molar-refractivity contribution in [2.24, 2.45) is 5.92 Å². The minimum atomic E-state index is 0.00628. The molecule has 2 amide bonds. The van der Waals surface area contributed by atoms with Crippen LogP contribution in [0, 0.1) is 19.8 Å². The molecule has 1 heterocycles. The topological polar surface area (TPSA) is 49.9 Å². The van der Waals surface area contributed by atoms with Gasteiger partial charge in [0.15, 0.2) is 0 Å². The molecule has 1 aliphatic heterocycles. The van der Waals surface area contributed by atoms with Crippen LogP contribution in [0.25, 0.3) is 0 Å². The predicted molar refractivity (Wildman–Crippen MR) is 94.2 cm³/mol. The number of hydrogen-bond donors (Lipinski definition) is 0. The van der Waals surface area contributed by atoms with Crippen molar-refractivity contribution in [3.8, 4) is 5.75 Å². The van der Waals surface area contributed by atoms with E-state index in [0.29, 0.717) is 32.6 Å². The highest BCUT2D eigenvalue weighted by Crippen LogP contribution is 2.26. The number of aryl methyl sites for hydroxylation is 2. The molecule has 2 rings (SSSR count). The summed E-state index contributed by atoms with van der Waals surface area (Å²) in [4.78, 5) is 28.4. The van der Waals surface area contributed by atoms with Gasteiger partial charge < -0.3 is 14.5 Å². The minimum Gasteiger partial charge on any atom is -0.496 e. The van der Waals surface area contributed by atoms with Crippen molar-refractivity contribution in [2.45, 2.75) is 34.1 Å². The van der Waals surface area contributed by atoms with E-state index in [-0.39, 0.29) is 17.7 Å². The van der Waals surface area contributed by atoms with Crippen LogP contribution >= 0.6 is 0 Å². The first kappa shape index (κ1) is 18.3. The van der Waals surface area contributed by atoms with E-state index in [1.54, 1.807) is 7.11 Å². The third-order valence-corrected chi connectivity index (χ3v) is 4.48. The molecule has 132 valence electrons. The number of benzene rings is 1. The zero-order valence-electron chi connectivity index (χ0n) is 15.4. The van der Waals surface area contributed by atoms with Crippen molar-refractivity contribution in [2.75, 3.05) is 33.3 Å². The van der Waals surface area contributed by atoms with Crippen molar-refractivity contribution < 1.29 is 14.3 Å². The zero-order valence-corrected chi connectivity index (χ0v) is 15.4. The highest BCUT2D eigenvalue weighted by molar-refractivity contribution is 5.81. The fraction of sp³-hybridized carbons (Fsp3) is 0.579. The van der Waals surface area contributed by atoms with Crippen LogP contribution in [-0.4, -0.2) is 54.9 Å². The van der Waals surface area contributed by atoms with Crippen molar-refractivity contribution >= 4 is 11.8 Å². The molecule has 1 aromatic rings. The highest BCUT2D eigenvalue weighted by atomic mass is 16.5. The average molecular weight is 332 g/mol. The summed E-state index contributed by atoms with van der Waals surface area (Å²) >= 11 is 0. The molecule has 5 nitrogen and oxygen atoms in total. The van der Waals surface area contributed by atoms with Gasteiger partial charge in [-0.1, -0.05) is 31.5 Å². The Morgan fingerprint density at radius 3 is 2.21 bits per heavy atom. The number of hydrogen-bond acceptors (Lipinski definition) is 3. The summed E-state index contributed by atoms with van der Waals surface area (Å²) in [5, 5.41) is 0. The molecule has 5 heteroatoms. The third kappa shape index (κ3) is 4.08. The molecule has 0 aromatic heterocycles. The molecule has 1 aromatic carbocycles. The van der Waals surface area contributed by atoms with E-state index in [1.165, 1.54) is 0 Å². The van der Waals surface area contributed by atoms with E-state index in [0.717, 1.165) is 22.4 Å². The van der Waals surface area contributed by atoms with Crippen LogP contribution in [0.2, 0.25) is 0 Å². The maximum atomic E-state index is 12.6. The van der Waals surface area contributed by atoms with Crippen LogP contribution in [0.1, 0.15) is 30.5 Å². The van der Waals surface area contributed by atoms with Gasteiger partial charge in [0.05, 0.1) is 13.5 Å². The lowest BCUT2D eigenvalue weighted by Crippen LogP contribution is -2.51. The Kier molecular flexibility index (Phi) is 5.86. The first-order chi connectivity index (χ1) is 11.3. The Balaban J connectivity index is 2.01. The van der Waals surface area contributed by atoms with Crippen LogP contribution in [0.5, 0.6) is 5.75 Å². The molecule has 0 atom stereocenters. The fourth-order valence-electron chi connectivity index (χ4n) is 3.28. The van der Waals surface area contributed by atoms with Gasteiger partial charge in [0, 0.05) is 37.7 Å². The van der Waals surface area contributed by atoms with E-state index in [2.05, 4.69) is 6.07 Å². The number of methoxy groups -OCH3 is 1. The van der Waals surface area contributed by atoms with Gasteiger partial charge in [-0.15, -0.1) is 0 Å². The van der Waals surface area contributed by atoms with Crippen molar-refractivity contribution in [3.05, 3.63) is 28.8 Å². The maximum Gasteiger partial charge on any atom is 0.227 e. The molecule has 0 N–H and O–H groups in total. The predicted octanol–water partition coefficient (Wildman–Crippen LogP) is 2.18. The Labute approximate surface area is 144 Å². The number of amides is 2. The van der Waals surface area contributed by atoms with Crippen LogP contribution in [0.3, 0.4) is 0 Å². The number of carbonyl (C=O) groups is 2. The molecule has 1 aliphatic rings. The third-order valence-electron chi connectivity index (χ3n) is 4.48. The number of carbonyl (C=O) groups excluding carboxylic acids is 2. The standard InChI is InChI=1S/C19H28N2O3/c1-13(2)19(23)21-8-6-20(7-9-21)17(22)12-16-11-14(3)10-15(4)18(16)24-5/h10-11,13H,6-9,12H2,1-5H3. The first-order valence-corrected chi connectivity index (χ1v) is 8.54. The summed E-state index contributed by atoms with van der Waals surface area (Å²) < 4.78 is 5.47. The van der Waals surface area contributed by atoms with Gasteiger partial charge >= 0.3 is 0 Å². The largest absolute Gasteiger partial charge is 0.496 e. The quantitative estimate of drug-likeness (QED) is 0.849. The monoisotopic (exact) mass is 332 g/mol. The fourth-order valence-corrected chi connectivity index (χ4v) is 3.28. The first-order valence-electron chi connectivity index (χ1n) is 8.54. The second-order valence-corrected chi connectivity index (χ2v) is 6.81. The van der Waals surface area contributed by atoms with Gasteiger partial charge in [-0.25, -0.2) is 0 Å². The second-order valence-electron chi connectivity index (χ2n) is 6.81. The molecule has 0 aliphatic carbocycles. The normalized spacial score (nSPS) is 14.9. The van der Waals surface area contributed by atoms with Crippen LogP contribution in [-0.2, 0) is 16.0 Å². The molecular weight excluding hydrogens is 304 g/mol. The minimum absolute atomic E-state index is 0.00628. The van der Waals surface area contributed by atoms with E-state index in [4.69, 9.17) is 4.74 Å². The summed E-state index contributed by atoms with van der Waals surface area (Å²) in [6.07, 6.45) is 0.337. The molecule has 0 bridgehead atoms. The smallest absolute Gasteiger partial charge is 0.227 e. The van der Waals surface area contributed by atoms with Gasteiger partial charge in [0.2, 0.25) is 11.8 Å². The Morgan fingerprint density at radius 2 is 1.67 bits per heavy atom. The zero-order chi connectivity index (χ0) is 17.9. The number of nitrogens with zero attached hydrogens (tertiary/aromatic N) is 2. The Bertz CT molecular complexity index is 617. The summed E-state index contributed by atoms with van der Waals surface area (Å²) in [6.45, 7) is 10.3. The Morgan fingerprint density at radius 1 is 1.08 bits per heavy atom. The summed E-state index contributed by atoms with van der Waals surface area (Å²) in [7, 11) is 1.64. The summed E-state index contributed by atoms with van der Waals surface area (Å²) in [5.74, 6) is 1.06. The SMILES string of the molecule is COc1c(C)cc(C)cc1CC(=O)N1CCN(C(=O)C(C)C)CC1. The summed E-state index contributed by atoms with van der Waals surface area (Å²) in [5.41, 5.74) is 3.11. The number of piperazine rings is 1. The van der Waals surface area contributed by atoms with E-state index >= 15 is 0 Å². The molecule has 1 fully saturated rings. The average Bonchev–Trinajstić information content (AvgIpc) is 2.53. The van der Waals surface area contributed by atoms with E-state index in [9.17, 15) is 9.59 Å². The van der Waals surface area contributed by atoms with Crippen molar-refractivity contribution in [1.82, 2.24) is 9.80 Å². The lowest BCUT2D eigenvalue weighted by molar-refractivity contribution is -0.141. The van der Waals surface area contributed by atoms with Crippen LogP contribution in [0.4, 0.5) is 0 Å². The molecule has 0 saturated carbocycles. The number of rotatable bonds is 4. The van der Waals surface area contributed by atoms with Gasteiger partial charge in [-0.3, -0.25) is 9.59 Å². The highest BCUT2D eigenvalue weighted by Gasteiger charge is 2.26. The molecule has 0 spiro atoms. The van der Waals surface area contributed by atoms with Gasteiger partial charge in [-0.05, 0) is 19.4 Å². The molecular formula is C19H28N2O3. The molecule has 0 unspecified atom stereocenters. The van der Waals surface area contributed by atoms with Gasteiger partial charge in [0.1, 0.15) is 5.75 Å². The maximum absolute atomic E-state index is 12.6. The Hall–Kier alpha value is -2.04. The summed E-state index contributed by atoms with van der Waals surface area (Å²) in [6, 6.07) is 4.07. The van der Waals surface area contributed by atoms with Crippen molar-refractivity contribution in [3.63, 3.8) is 0 Å². The lowest BCUT2D eigenvalue weighted by Gasteiger charge is -2.35. The molecule has 0 radical (unpaired) electrons. The molecule has 1 saturated heterocycles. The lowest BCUT2D eigenvalue weighted by atomic mass is 10.0. The van der Waals surface area contributed by atoms with Crippen LogP contribution < -0.4 is 4.74 Å². The van der Waals surface area contributed by atoms with E-state index in [1.807, 2.05) is 43.6 Å². The molecule has 24 heavy (non-hydrogen) atoms. The van der Waals surface area contributed by atoms with E-state index < -0.39 is 0 Å². The number of ether oxygens (including phenoxy) is 1. The van der Waals surface area contributed by atoms with Gasteiger partial charge in [-0.2, -0.15) is 0 Å². The van der Waals surface area contributed by atoms with Gasteiger partial charge in [0.25, 0.3) is 0 Å². The van der Waals surface area contributed by atoms with Crippen LogP contribution in [0.15, 0.2) is 12.1 Å². The van der Waals surface area contributed by atoms with Crippen molar-refractivity contribution in [1.29, 1.82) is 0 Å².